The molecule has 0 aromatic rings. The van der Waals surface area contributed by atoms with Gasteiger partial charge >= 0.3 is 0 Å². The molecule has 0 bridgehead atoms. The summed E-state index contributed by atoms with van der Waals surface area (Å²) in [6.45, 7) is 5.87. The molecule has 21 heavy (non-hydrogen) atoms. The third-order valence-corrected chi connectivity index (χ3v) is 4.83. The van der Waals surface area contributed by atoms with Crippen LogP contribution in [0.4, 0.5) is 0 Å². The molecule has 3 unspecified atom stereocenters. The highest BCUT2D eigenvalue weighted by atomic mass is 16.6. The van der Waals surface area contributed by atoms with Crippen molar-refractivity contribution in [3.05, 3.63) is 0 Å². The first kappa shape index (κ1) is 14.8. The average Bonchev–Trinajstić information content (AvgIpc) is 3.31. The molecular weight excluding hydrogens is 272 g/mol. The number of nitrogens with one attached hydrogen (secondary N) is 1. The van der Waals surface area contributed by atoms with Gasteiger partial charge in [0, 0.05) is 0 Å². The Morgan fingerprint density at radius 3 is 2.67 bits per heavy atom. The fourth-order valence-corrected chi connectivity index (χ4v) is 3.39. The fraction of sp³-hybridized carbons (Fsp3) is 0.867. The van der Waals surface area contributed by atoms with E-state index < -0.39 is 11.6 Å². The molecule has 2 saturated heterocycles. The van der Waals surface area contributed by atoms with Gasteiger partial charge in [0.05, 0.1) is 32.5 Å². The highest BCUT2D eigenvalue weighted by Gasteiger charge is 2.55. The second-order valence-corrected chi connectivity index (χ2v) is 6.42. The second-order valence-electron chi connectivity index (χ2n) is 6.42. The van der Waals surface area contributed by atoms with Crippen LogP contribution in [-0.2, 0) is 19.1 Å². The van der Waals surface area contributed by atoms with Gasteiger partial charge in [0.15, 0.2) is 0 Å². The first-order valence-corrected chi connectivity index (χ1v) is 7.88. The number of hydrogen-bond acceptors (Lipinski definition) is 4. The van der Waals surface area contributed by atoms with Crippen molar-refractivity contribution in [3.63, 3.8) is 0 Å². The Hall–Kier alpha value is -1.14. The van der Waals surface area contributed by atoms with Crippen LogP contribution in [0, 0.1) is 5.92 Å². The topological polar surface area (TPSA) is 67.9 Å². The molecule has 3 rings (SSSR count). The van der Waals surface area contributed by atoms with Crippen molar-refractivity contribution in [2.24, 2.45) is 5.92 Å². The quantitative estimate of drug-likeness (QED) is 0.810. The van der Waals surface area contributed by atoms with Gasteiger partial charge in [-0.2, -0.15) is 0 Å². The van der Waals surface area contributed by atoms with E-state index in [1.165, 1.54) is 0 Å². The molecule has 0 radical (unpaired) electrons. The highest BCUT2D eigenvalue weighted by Crippen LogP contribution is 2.42. The molecule has 118 valence electrons. The smallest absolute Gasteiger partial charge is 0.249 e. The number of amides is 2. The zero-order valence-corrected chi connectivity index (χ0v) is 12.8. The molecular formula is C15H24N2O4. The summed E-state index contributed by atoms with van der Waals surface area (Å²) in [5.74, 6) is 0.270. The first-order valence-electron chi connectivity index (χ1n) is 7.88. The maximum Gasteiger partial charge on any atom is 0.249 e. The number of ether oxygens (including phenoxy) is 2. The van der Waals surface area contributed by atoms with E-state index in [-0.39, 0.29) is 23.8 Å². The van der Waals surface area contributed by atoms with E-state index in [0.717, 1.165) is 12.8 Å². The fourth-order valence-electron chi connectivity index (χ4n) is 3.39. The zero-order valence-electron chi connectivity index (χ0n) is 12.8. The molecule has 2 aliphatic heterocycles. The maximum atomic E-state index is 12.9. The van der Waals surface area contributed by atoms with Gasteiger partial charge in [-0.3, -0.25) is 9.59 Å². The lowest BCUT2D eigenvalue weighted by Gasteiger charge is -2.45. The number of nitrogens with zero attached hydrogens (tertiary/aromatic N) is 1. The number of rotatable bonds is 4. The predicted octanol–water partition coefficient (Wildman–Crippen LogP) is 0.308. The van der Waals surface area contributed by atoms with Gasteiger partial charge in [0.25, 0.3) is 0 Å². The monoisotopic (exact) mass is 296 g/mol. The van der Waals surface area contributed by atoms with E-state index >= 15 is 0 Å². The van der Waals surface area contributed by atoms with E-state index in [1.807, 2.05) is 13.8 Å². The van der Waals surface area contributed by atoms with Crippen LogP contribution in [0.2, 0.25) is 0 Å². The van der Waals surface area contributed by atoms with Crippen molar-refractivity contribution in [2.45, 2.75) is 50.8 Å². The van der Waals surface area contributed by atoms with Crippen molar-refractivity contribution in [2.75, 3.05) is 26.4 Å². The molecule has 3 fully saturated rings. The van der Waals surface area contributed by atoms with E-state index in [0.29, 0.717) is 32.8 Å². The molecule has 1 aliphatic carbocycles. The summed E-state index contributed by atoms with van der Waals surface area (Å²) in [5, 5.41) is 2.97. The van der Waals surface area contributed by atoms with Crippen LogP contribution >= 0.6 is 0 Å². The summed E-state index contributed by atoms with van der Waals surface area (Å²) < 4.78 is 11.1. The van der Waals surface area contributed by atoms with E-state index in [4.69, 9.17) is 9.47 Å². The Kier molecular flexibility index (Phi) is 3.92. The lowest BCUT2D eigenvalue weighted by molar-refractivity contribution is -0.161. The third-order valence-electron chi connectivity index (χ3n) is 4.83. The Morgan fingerprint density at radius 2 is 2.10 bits per heavy atom. The molecule has 3 atom stereocenters. The molecule has 1 saturated carbocycles. The lowest BCUT2D eigenvalue weighted by atomic mass is 9.88. The molecule has 3 aliphatic rings. The number of hydrogen-bond donors (Lipinski definition) is 1. The van der Waals surface area contributed by atoms with Gasteiger partial charge in [0.1, 0.15) is 11.6 Å². The first-order chi connectivity index (χ1) is 10.1. The van der Waals surface area contributed by atoms with Gasteiger partial charge in [-0.25, -0.2) is 0 Å². The second kappa shape index (κ2) is 5.57. The van der Waals surface area contributed by atoms with Crippen LogP contribution in [0.5, 0.6) is 0 Å². The molecule has 6 nitrogen and oxygen atoms in total. The normalized spacial score (nSPS) is 37.5. The number of piperazine rings is 1. The maximum absolute atomic E-state index is 12.9. The summed E-state index contributed by atoms with van der Waals surface area (Å²) in [7, 11) is 0. The van der Waals surface area contributed by atoms with Gasteiger partial charge in [-0.1, -0.05) is 6.92 Å². The van der Waals surface area contributed by atoms with Crippen molar-refractivity contribution in [1.29, 1.82) is 0 Å². The molecule has 0 aromatic carbocycles. The standard InChI is InChI=1S/C15H24N2O4/c1-3-12-13(18)16-15(2,10-4-5-10)14(19)17(12)8-11-9-20-6-7-21-11/h10-12H,3-9H2,1-2H3,(H,16,18). The van der Waals surface area contributed by atoms with E-state index in [2.05, 4.69) is 5.32 Å². The van der Waals surface area contributed by atoms with Crippen LogP contribution < -0.4 is 5.32 Å². The van der Waals surface area contributed by atoms with Crippen LogP contribution in [0.25, 0.3) is 0 Å². The minimum Gasteiger partial charge on any atom is -0.376 e. The Bertz CT molecular complexity index is 431. The summed E-state index contributed by atoms with van der Waals surface area (Å²) in [4.78, 5) is 27.0. The van der Waals surface area contributed by atoms with Crippen molar-refractivity contribution in [3.8, 4) is 0 Å². The molecule has 6 heteroatoms. The van der Waals surface area contributed by atoms with Crippen LogP contribution in [0.15, 0.2) is 0 Å². The largest absolute Gasteiger partial charge is 0.376 e. The third kappa shape index (κ3) is 2.66. The van der Waals surface area contributed by atoms with Crippen LogP contribution in [0.1, 0.15) is 33.1 Å². The van der Waals surface area contributed by atoms with Gasteiger partial charge in [0.2, 0.25) is 11.8 Å². The summed E-state index contributed by atoms with van der Waals surface area (Å²) >= 11 is 0. The summed E-state index contributed by atoms with van der Waals surface area (Å²) in [6, 6.07) is -0.394. The van der Waals surface area contributed by atoms with Crippen molar-refractivity contribution >= 4 is 11.8 Å². The zero-order chi connectivity index (χ0) is 15.0. The molecule has 0 aromatic heterocycles. The minimum absolute atomic E-state index is 0.0330. The summed E-state index contributed by atoms with van der Waals surface area (Å²) in [5.41, 5.74) is -0.738. The van der Waals surface area contributed by atoms with Gasteiger partial charge < -0.3 is 19.7 Å². The molecule has 1 N–H and O–H groups in total. The van der Waals surface area contributed by atoms with Crippen molar-refractivity contribution < 1.29 is 19.1 Å². The lowest BCUT2D eigenvalue weighted by Crippen LogP contribution is -2.71. The predicted molar refractivity (Wildman–Crippen MR) is 75.6 cm³/mol. The Morgan fingerprint density at radius 1 is 1.33 bits per heavy atom. The van der Waals surface area contributed by atoms with Crippen molar-refractivity contribution in [1.82, 2.24) is 10.2 Å². The Balaban J connectivity index is 1.78. The number of carbonyl (C=O) groups is 2. The van der Waals surface area contributed by atoms with E-state index in [9.17, 15) is 9.59 Å². The molecule has 0 spiro atoms. The SMILES string of the molecule is CCC1C(=O)NC(C)(C2CC2)C(=O)N1CC1COCCO1. The average molecular weight is 296 g/mol. The molecule has 2 heterocycles. The van der Waals surface area contributed by atoms with Crippen LogP contribution in [0.3, 0.4) is 0 Å². The summed E-state index contributed by atoms with van der Waals surface area (Å²) in [6.07, 6.45) is 2.50. The van der Waals surface area contributed by atoms with Crippen LogP contribution in [-0.4, -0.2) is 60.8 Å². The highest BCUT2D eigenvalue weighted by molar-refractivity contribution is 6.00. The molecule has 2 amide bonds. The number of carbonyl (C=O) groups excluding carboxylic acids is 2. The van der Waals surface area contributed by atoms with Gasteiger partial charge in [-0.15, -0.1) is 0 Å². The Labute approximate surface area is 125 Å². The van der Waals surface area contributed by atoms with E-state index in [1.54, 1.807) is 4.90 Å². The minimum atomic E-state index is -0.738. The van der Waals surface area contributed by atoms with Gasteiger partial charge in [-0.05, 0) is 32.1 Å².